The van der Waals surface area contributed by atoms with Crippen LogP contribution in [0.1, 0.15) is 79.1 Å². The number of unbranched alkanes of at least 4 members (excludes halogenated alkanes) is 4. The monoisotopic (exact) mass is 501 g/mol. The Balaban J connectivity index is 5.55. The summed E-state index contributed by atoms with van der Waals surface area (Å²) < 4.78 is 54.2. The van der Waals surface area contributed by atoms with Crippen molar-refractivity contribution in [1.82, 2.24) is 4.90 Å². The molecular weight excluding hydrogens is 456 g/mol. The van der Waals surface area contributed by atoms with Crippen LogP contribution in [-0.2, 0) is 36.8 Å². The Bertz CT molecular complexity index is 508. The largest absolute Gasteiger partial charge is 0.468 e. The summed E-state index contributed by atoms with van der Waals surface area (Å²) in [6.07, 6.45) is 6.06. The molecule has 0 saturated heterocycles. The molecule has 32 heavy (non-hydrogen) atoms. The fourth-order valence-corrected chi connectivity index (χ4v) is 6.15. The maximum absolute atomic E-state index is 13.4. The molecule has 0 saturated carbocycles. The van der Waals surface area contributed by atoms with E-state index in [0.717, 1.165) is 51.4 Å². The Kier molecular flexibility index (Phi) is 18.9. The standard InChI is InChI=1S/C21H45NO8P2/c1-6-10-14-27-31(24,28-15-11-7-2)19-22(18-21(23)26-5)20-32(25,29-16-12-8-3)30-17-13-9-4/h6-20H2,1-5H3. The Hall–Kier alpha value is -0.270. The van der Waals surface area contributed by atoms with E-state index in [4.69, 9.17) is 22.8 Å². The molecule has 0 N–H and O–H groups in total. The second-order valence-electron chi connectivity index (χ2n) is 7.66. The highest BCUT2D eigenvalue weighted by Crippen LogP contribution is 2.53. The third kappa shape index (κ3) is 15.5. The number of hydrogen-bond acceptors (Lipinski definition) is 9. The smallest absolute Gasteiger partial charge is 0.344 e. The van der Waals surface area contributed by atoms with Gasteiger partial charge in [0.05, 0.1) is 40.1 Å². The van der Waals surface area contributed by atoms with Crippen molar-refractivity contribution in [3.05, 3.63) is 0 Å². The normalized spacial score (nSPS) is 12.4. The van der Waals surface area contributed by atoms with Gasteiger partial charge in [0, 0.05) is 0 Å². The first-order chi connectivity index (χ1) is 15.3. The highest BCUT2D eigenvalue weighted by Gasteiger charge is 2.35. The van der Waals surface area contributed by atoms with Crippen LogP contribution < -0.4 is 0 Å². The van der Waals surface area contributed by atoms with Gasteiger partial charge in [0.2, 0.25) is 0 Å². The summed E-state index contributed by atoms with van der Waals surface area (Å²) in [6.45, 7) is 8.93. The first-order valence-corrected chi connectivity index (χ1v) is 15.3. The first kappa shape index (κ1) is 31.7. The maximum atomic E-state index is 13.4. The van der Waals surface area contributed by atoms with Crippen molar-refractivity contribution < 1.29 is 36.8 Å². The molecule has 0 spiro atoms. The van der Waals surface area contributed by atoms with E-state index in [9.17, 15) is 13.9 Å². The molecular formula is C21H45NO8P2. The van der Waals surface area contributed by atoms with Crippen LogP contribution in [0.15, 0.2) is 0 Å². The van der Waals surface area contributed by atoms with Crippen molar-refractivity contribution in [2.75, 3.05) is 52.7 Å². The Morgan fingerprint density at radius 2 is 0.969 bits per heavy atom. The van der Waals surface area contributed by atoms with Crippen LogP contribution in [-0.4, -0.2) is 63.5 Å². The van der Waals surface area contributed by atoms with Crippen molar-refractivity contribution in [3.63, 3.8) is 0 Å². The summed E-state index contributed by atoms with van der Waals surface area (Å²) in [4.78, 5) is 13.5. The van der Waals surface area contributed by atoms with Crippen molar-refractivity contribution in [2.45, 2.75) is 79.1 Å². The lowest BCUT2D eigenvalue weighted by Gasteiger charge is -2.29. The molecule has 0 aliphatic carbocycles. The third-order valence-electron chi connectivity index (χ3n) is 4.47. The lowest BCUT2D eigenvalue weighted by Crippen LogP contribution is -2.34. The van der Waals surface area contributed by atoms with E-state index in [1.165, 1.54) is 12.0 Å². The van der Waals surface area contributed by atoms with Gasteiger partial charge in [-0.05, 0) is 25.7 Å². The van der Waals surface area contributed by atoms with Crippen molar-refractivity contribution in [2.24, 2.45) is 0 Å². The highest BCUT2D eigenvalue weighted by atomic mass is 31.2. The molecule has 0 bridgehead atoms. The van der Waals surface area contributed by atoms with Gasteiger partial charge in [0.25, 0.3) is 0 Å². The van der Waals surface area contributed by atoms with Gasteiger partial charge in [0.1, 0.15) is 12.6 Å². The number of nitrogens with zero attached hydrogens (tertiary/aromatic N) is 1. The van der Waals surface area contributed by atoms with Crippen LogP contribution in [0.2, 0.25) is 0 Å². The fraction of sp³-hybridized carbons (Fsp3) is 0.952. The van der Waals surface area contributed by atoms with E-state index in [2.05, 4.69) is 0 Å². The van der Waals surface area contributed by atoms with Crippen molar-refractivity contribution in [1.29, 1.82) is 0 Å². The second kappa shape index (κ2) is 19.1. The van der Waals surface area contributed by atoms with Gasteiger partial charge in [-0.15, -0.1) is 0 Å². The number of hydrogen-bond donors (Lipinski definition) is 0. The average molecular weight is 502 g/mol. The van der Waals surface area contributed by atoms with Gasteiger partial charge in [0.15, 0.2) is 0 Å². The molecule has 11 heteroatoms. The number of esters is 1. The molecule has 0 heterocycles. The number of rotatable bonds is 22. The highest BCUT2D eigenvalue weighted by molar-refractivity contribution is 7.54. The van der Waals surface area contributed by atoms with Crippen LogP contribution in [0.3, 0.4) is 0 Å². The van der Waals surface area contributed by atoms with Crippen molar-refractivity contribution >= 4 is 21.2 Å². The first-order valence-electron chi connectivity index (χ1n) is 11.8. The number of methoxy groups -OCH3 is 1. The number of ether oxygens (including phenoxy) is 1. The van der Waals surface area contributed by atoms with Crippen LogP contribution in [0, 0.1) is 0 Å². The number of carbonyl (C=O) groups is 1. The molecule has 0 atom stereocenters. The predicted molar refractivity (Wildman–Crippen MR) is 127 cm³/mol. The minimum atomic E-state index is -3.57. The summed E-state index contributed by atoms with van der Waals surface area (Å²) in [6, 6.07) is 0. The van der Waals surface area contributed by atoms with Crippen LogP contribution in [0.25, 0.3) is 0 Å². The lowest BCUT2D eigenvalue weighted by atomic mass is 10.4. The Labute approximate surface area is 194 Å². The molecule has 0 aliphatic heterocycles. The van der Waals surface area contributed by atoms with E-state index in [1.807, 2.05) is 27.7 Å². The third-order valence-corrected chi connectivity index (χ3v) is 8.27. The van der Waals surface area contributed by atoms with Gasteiger partial charge < -0.3 is 22.8 Å². The van der Waals surface area contributed by atoms with Gasteiger partial charge in [-0.2, -0.15) is 0 Å². The molecule has 0 aromatic rings. The molecule has 0 unspecified atom stereocenters. The van der Waals surface area contributed by atoms with E-state index < -0.39 is 21.2 Å². The SMILES string of the molecule is CCCCOP(=O)(CN(CC(=O)OC)CP(=O)(OCCCC)OCCCC)OCCCC. The summed E-state index contributed by atoms with van der Waals surface area (Å²) in [5.74, 6) is -0.549. The zero-order valence-corrected chi connectivity index (χ0v) is 22.5. The van der Waals surface area contributed by atoms with E-state index in [1.54, 1.807) is 0 Å². The van der Waals surface area contributed by atoms with Gasteiger partial charge in [-0.25, -0.2) is 0 Å². The molecule has 0 fully saturated rings. The van der Waals surface area contributed by atoms with E-state index in [-0.39, 0.29) is 45.5 Å². The molecule has 0 aromatic heterocycles. The fourth-order valence-electron chi connectivity index (χ4n) is 2.51. The van der Waals surface area contributed by atoms with E-state index in [0.29, 0.717) is 0 Å². The average Bonchev–Trinajstić information content (AvgIpc) is 2.74. The minimum absolute atomic E-state index is 0.201. The van der Waals surface area contributed by atoms with Crippen LogP contribution in [0.4, 0.5) is 0 Å². The summed E-state index contributed by atoms with van der Waals surface area (Å²) in [5.41, 5.74) is 0. The number of carbonyl (C=O) groups excluding carboxylic acids is 1. The summed E-state index contributed by atoms with van der Waals surface area (Å²) >= 11 is 0. The molecule has 0 rings (SSSR count). The van der Waals surface area contributed by atoms with Gasteiger partial charge in [-0.3, -0.25) is 18.8 Å². The quantitative estimate of drug-likeness (QED) is 0.1000. The zero-order valence-electron chi connectivity index (χ0n) is 20.7. The lowest BCUT2D eigenvalue weighted by molar-refractivity contribution is -0.141. The Morgan fingerprint density at radius 3 is 1.22 bits per heavy atom. The van der Waals surface area contributed by atoms with Crippen LogP contribution in [0.5, 0.6) is 0 Å². The van der Waals surface area contributed by atoms with Crippen molar-refractivity contribution in [3.8, 4) is 0 Å². The van der Waals surface area contributed by atoms with Gasteiger partial charge >= 0.3 is 21.2 Å². The predicted octanol–water partition coefficient (Wildman–Crippen LogP) is 6.03. The molecule has 192 valence electrons. The molecule has 0 aliphatic rings. The summed E-state index contributed by atoms with van der Waals surface area (Å²) in [5, 5.41) is 0. The molecule has 0 amide bonds. The maximum Gasteiger partial charge on any atom is 0.344 e. The van der Waals surface area contributed by atoms with Gasteiger partial charge in [-0.1, -0.05) is 53.4 Å². The van der Waals surface area contributed by atoms with Crippen LogP contribution >= 0.6 is 15.2 Å². The van der Waals surface area contributed by atoms with E-state index >= 15 is 0 Å². The Morgan fingerprint density at radius 1 is 0.656 bits per heavy atom. The topological polar surface area (TPSA) is 101 Å². The molecule has 9 nitrogen and oxygen atoms in total. The summed E-state index contributed by atoms with van der Waals surface area (Å²) in [7, 11) is -5.86. The molecule has 0 aromatic carbocycles. The second-order valence-corrected chi connectivity index (χ2v) is 11.7. The zero-order chi connectivity index (χ0) is 24.3. The minimum Gasteiger partial charge on any atom is -0.468 e. The molecule has 0 radical (unpaired) electrons.